The number of nitrogens with one attached hydrogen (secondary N) is 2. The van der Waals surface area contributed by atoms with Gasteiger partial charge in [-0.1, -0.05) is 13.8 Å². The van der Waals surface area contributed by atoms with E-state index in [0.717, 1.165) is 0 Å². The van der Waals surface area contributed by atoms with E-state index in [1.807, 2.05) is 13.8 Å². The molecular weight excluding hydrogens is 196 g/mol. The van der Waals surface area contributed by atoms with Gasteiger partial charge < -0.3 is 20.8 Å². The Balaban J connectivity index is 3.31. The van der Waals surface area contributed by atoms with Gasteiger partial charge in [-0.25, -0.2) is 0 Å². The van der Waals surface area contributed by atoms with Crippen molar-refractivity contribution in [3.8, 4) is 0 Å². The Morgan fingerprint density at radius 2 is 2.00 bits per heavy atom. The van der Waals surface area contributed by atoms with Crippen molar-refractivity contribution in [2.75, 3.05) is 26.2 Å². The van der Waals surface area contributed by atoms with Crippen molar-refractivity contribution in [2.24, 2.45) is 5.92 Å². The van der Waals surface area contributed by atoms with Crippen molar-refractivity contribution in [1.29, 1.82) is 0 Å². The van der Waals surface area contributed by atoms with E-state index in [4.69, 9.17) is 10.2 Å². The van der Waals surface area contributed by atoms with Crippen LogP contribution in [-0.4, -0.2) is 48.5 Å². The van der Waals surface area contributed by atoms with E-state index in [9.17, 15) is 4.79 Å². The van der Waals surface area contributed by atoms with Gasteiger partial charge in [0.1, 0.15) is 0 Å². The number of amides is 1. The molecular formula is C10H22N2O3. The molecule has 0 heterocycles. The van der Waals surface area contributed by atoms with Crippen molar-refractivity contribution >= 4 is 5.91 Å². The monoisotopic (exact) mass is 218 g/mol. The summed E-state index contributed by atoms with van der Waals surface area (Å²) in [5, 5.41) is 23.2. The molecule has 1 unspecified atom stereocenters. The predicted octanol–water partition coefficient (Wildman–Crippen LogP) is -0.908. The summed E-state index contributed by atoms with van der Waals surface area (Å²) in [4.78, 5) is 11.2. The highest BCUT2D eigenvalue weighted by Gasteiger charge is 2.03. The molecule has 0 aliphatic rings. The number of hydrogen-bond acceptors (Lipinski definition) is 4. The van der Waals surface area contributed by atoms with Crippen LogP contribution in [0, 0.1) is 5.92 Å². The van der Waals surface area contributed by atoms with Crippen molar-refractivity contribution in [1.82, 2.24) is 10.6 Å². The van der Waals surface area contributed by atoms with Gasteiger partial charge in [-0.15, -0.1) is 0 Å². The van der Waals surface area contributed by atoms with Crippen molar-refractivity contribution in [2.45, 2.75) is 26.4 Å². The standard InChI is InChI=1S/C10H22N2O3/c1-8(2)5-12-10(15)3-4-11-6-9(14)7-13/h8-9,11,13-14H,3-7H2,1-2H3,(H,12,15). The van der Waals surface area contributed by atoms with E-state index in [1.54, 1.807) is 0 Å². The summed E-state index contributed by atoms with van der Waals surface area (Å²) in [5.41, 5.74) is 0. The fourth-order valence-corrected chi connectivity index (χ4v) is 0.941. The second-order valence-corrected chi connectivity index (χ2v) is 3.99. The van der Waals surface area contributed by atoms with Crippen molar-refractivity contribution in [3.05, 3.63) is 0 Å². The smallest absolute Gasteiger partial charge is 0.221 e. The number of hydrogen-bond donors (Lipinski definition) is 4. The number of rotatable bonds is 8. The predicted molar refractivity (Wildman–Crippen MR) is 58.4 cm³/mol. The summed E-state index contributed by atoms with van der Waals surface area (Å²) < 4.78 is 0. The van der Waals surface area contributed by atoms with Gasteiger partial charge >= 0.3 is 0 Å². The lowest BCUT2D eigenvalue weighted by Crippen LogP contribution is -2.34. The zero-order valence-electron chi connectivity index (χ0n) is 9.49. The van der Waals surface area contributed by atoms with Crippen LogP contribution in [-0.2, 0) is 4.79 Å². The zero-order valence-corrected chi connectivity index (χ0v) is 9.49. The lowest BCUT2D eigenvalue weighted by Gasteiger charge is -2.10. The first-order chi connectivity index (χ1) is 7.06. The Labute approximate surface area is 90.9 Å². The Morgan fingerprint density at radius 1 is 1.33 bits per heavy atom. The molecule has 5 heteroatoms. The van der Waals surface area contributed by atoms with Crippen LogP contribution in [0.4, 0.5) is 0 Å². The van der Waals surface area contributed by atoms with Gasteiger partial charge in [-0.3, -0.25) is 4.79 Å². The molecule has 5 nitrogen and oxygen atoms in total. The van der Waals surface area contributed by atoms with Gasteiger partial charge in [0.15, 0.2) is 0 Å². The molecule has 0 bridgehead atoms. The second-order valence-electron chi connectivity index (χ2n) is 3.99. The second kappa shape index (κ2) is 8.64. The molecule has 0 aliphatic carbocycles. The number of aliphatic hydroxyl groups is 2. The summed E-state index contributed by atoms with van der Waals surface area (Å²) in [6.07, 6.45) is -0.353. The summed E-state index contributed by atoms with van der Waals surface area (Å²) in [7, 11) is 0. The van der Waals surface area contributed by atoms with Crippen LogP contribution in [0.25, 0.3) is 0 Å². The van der Waals surface area contributed by atoms with Gasteiger partial charge in [-0.2, -0.15) is 0 Å². The molecule has 15 heavy (non-hydrogen) atoms. The quantitative estimate of drug-likeness (QED) is 0.398. The molecule has 90 valence electrons. The third kappa shape index (κ3) is 9.65. The summed E-state index contributed by atoms with van der Waals surface area (Å²) >= 11 is 0. The van der Waals surface area contributed by atoms with E-state index in [-0.39, 0.29) is 12.5 Å². The minimum Gasteiger partial charge on any atom is -0.394 e. The van der Waals surface area contributed by atoms with Crippen LogP contribution in [0.15, 0.2) is 0 Å². The maximum atomic E-state index is 11.2. The van der Waals surface area contributed by atoms with E-state index < -0.39 is 6.10 Å². The fourth-order valence-electron chi connectivity index (χ4n) is 0.941. The summed E-state index contributed by atoms with van der Waals surface area (Å²) in [6.45, 7) is 5.34. The molecule has 0 rings (SSSR count). The van der Waals surface area contributed by atoms with Gasteiger partial charge in [-0.05, 0) is 5.92 Å². The van der Waals surface area contributed by atoms with Gasteiger partial charge in [0.05, 0.1) is 12.7 Å². The third-order valence-corrected chi connectivity index (χ3v) is 1.83. The maximum absolute atomic E-state index is 11.2. The van der Waals surface area contributed by atoms with Crippen LogP contribution >= 0.6 is 0 Å². The van der Waals surface area contributed by atoms with Crippen LogP contribution in [0.1, 0.15) is 20.3 Å². The highest BCUT2D eigenvalue weighted by molar-refractivity contribution is 5.76. The van der Waals surface area contributed by atoms with E-state index in [0.29, 0.717) is 32.0 Å². The van der Waals surface area contributed by atoms with Gasteiger partial charge in [0, 0.05) is 26.1 Å². The van der Waals surface area contributed by atoms with E-state index >= 15 is 0 Å². The van der Waals surface area contributed by atoms with Crippen LogP contribution in [0.2, 0.25) is 0 Å². The normalized spacial score (nSPS) is 12.9. The molecule has 0 aliphatic heterocycles. The molecule has 0 aromatic rings. The van der Waals surface area contributed by atoms with Gasteiger partial charge in [0.25, 0.3) is 0 Å². The topological polar surface area (TPSA) is 81.6 Å². The minimum absolute atomic E-state index is 0.00897. The fraction of sp³-hybridized carbons (Fsp3) is 0.900. The largest absolute Gasteiger partial charge is 0.394 e. The lowest BCUT2D eigenvalue weighted by molar-refractivity contribution is -0.121. The molecule has 4 N–H and O–H groups in total. The SMILES string of the molecule is CC(C)CNC(=O)CCNCC(O)CO. The van der Waals surface area contributed by atoms with Crippen LogP contribution in [0.5, 0.6) is 0 Å². The Bertz CT molecular complexity index is 174. The van der Waals surface area contributed by atoms with Crippen molar-refractivity contribution < 1.29 is 15.0 Å². The van der Waals surface area contributed by atoms with E-state index in [1.165, 1.54) is 0 Å². The Morgan fingerprint density at radius 3 is 2.53 bits per heavy atom. The van der Waals surface area contributed by atoms with Crippen LogP contribution < -0.4 is 10.6 Å². The summed E-state index contributed by atoms with van der Waals surface area (Å²) in [5.74, 6) is 0.466. The number of carbonyl (C=O) groups is 1. The lowest BCUT2D eigenvalue weighted by atomic mass is 10.2. The minimum atomic E-state index is -0.747. The first-order valence-electron chi connectivity index (χ1n) is 5.32. The average molecular weight is 218 g/mol. The molecule has 0 aromatic carbocycles. The number of aliphatic hydroxyl groups excluding tert-OH is 2. The highest BCUT2D eigenvalue weighted by atomic mass is 16.3. The molecule has 0 saturated heterocycles. The molecule has 0 spiro atoms. The maximum Gasteiger partial charge on any atom is 0.221 e. The zero-order chi connectivity index (χ0) is 11.7. The van der Waals surface area contributed by atoms with Crippen molar-refractivity contribution in [3.63, 3.8) is 0 Å². The van der Waals surface area contributed by atoms with Crippen LogP contribution in [0.3, 0.4) is 0 Å². The Kier molecular flexibility index (Phi) is 8.27. The first-order valence-corrected chi connectivity index (χ1v) is 5.32. The molecule has 1 atom stereocenters. The summed E-state index contributed by atoms with van der Waals surface area (Å²) in [6, 6.07) is 0. The highest BCUT2D eigenvalue weighted by Crippen LogP contribution is 1.88. The molecule has 0 fully saturated rings. The van der Waals surface area contributed by atoms with E-state index in [2.05, 4.69) is 10.6 Å². The number of carbonyl (C=O) groups excluding carboxylic acids is 1. The van der Waals surface area contributed by atoms with Gasteiger partial charge in [0.2, 0.25) is 5.91 Å². The molecule has 0 aromatic heterocycles. The third-order valence-electron chi connectivity index (χ3n) is 1.83. The molecule has 1 amide bonds. The molecule has 0 saturated carbocycles. The molecule has 0 radical (unpaired) electrons. The average Bonchev–Trinajstić information content (AvgIpc) is 2.21. The Hall–Kier alpha value is -0.650. The first kappa shape index (κ1) is 14.3.